The van der Waals surface area contributed by atoms with Gasteiger partial charge in [-0.1, -0.05) is 0 Å². The third kappa shape index (κ3) is 5.65. The number of carbonyl (C=O) groups is 2. The average molecular weight is 245 g/mol. The molecule has 0 aromatic carbocycles. The molecule has 0 amide bonds. The van der Waals surface area contributed by atoms with Crippen molar-refractivity contribution in [1.29, 1.82) is 0 Å². The molecule has 1 aliphatic rings. The van der Waals surface area contributed by atoms with Crippen molar-refractivity contribution in [3.8, 4) is 0 Å². The van der Waals surface area contributed by atoms with Gasteiger partial charge in [0.25, 0.3) is 0 Å². The van der Waals surface area contributed by atoms with Crippen molar-refractivity contribution in [1.82, 2.24) is 5.32 Å². The number of hydrogen-bond donors (Lipinski definition) is 3. The number of carboxylic acids is 2. The average Bonchev–Trinajstić information content (AvgIpc) is 2.28. The zero-order chi connectivity index (χ0) is 12.7. The lowest BCUT2D eigenvalue weighted by Crippen LogP contribution is -2.39. The highest BCUT2D eigenvalue weighted by atomic mass is 16.5. The van der Waals surface area contributed by atoms with Crippen molar-refractivity contribution in [2.75, 3.05) is 19.8 Å². The van der Waals surface area contributed by atoms with E-state index in [1.165, 1.54) is 0 Å². The fourth-order valence-corrected chi connectivity index (χ4v) is 1.92. The highest BCUT2D eigenvalue weighted by molar-refractivity contribution is 5.80. The third-order valence-corrected chi connectivity index (χ3v) is 2.96. The first kappa shape index (κ1) is 13.9. The lowest BCUT2D eigenvalue weighted by atomic mass is 9.96. The van der Waals surface area contributed by atoms with Gasteiger partial charge in [-0.25, -0.2) is 0 Å². The summed E-state index contributed by atoms with van der Waals surface area (Å²) in [5.74, 6) is -1.66. The maximum Gasteiger partial charge on any atom is 0.321 e. The Morgan fingerprint density at radius 2 is 1.94 bits per heavy atom. The SMILES string of the molecule is O=C(O)CC(NCCC1CCOCC1)C(=O)O. The maximum atomic E-state index is 10.8. The molecule has 0 aromatic heterocycles. The first-order valence-electron chi connectivity index (χ1n) is 5.85. The molecule has 0 radical (unpaired) electrons. The minimum Gasteiger partial charge on any atom is -0.481 e. The van der Waals surface area contributed by atoms with Gasteiger partial charge in [0.05, 0.1) is 6.42 Å². The van der Waals surface area contributed by atoms with E-state index in [-0.39, 0.29) is 6.42 Å². The van der Waals surface area contributed by atoms with E-state index in [9.17, 15) is 9.59 Å². The number of hydrogen-bond acceptors (Lipinski definition) is 4. The van der Waals surface area contributed by atoms with E-state index in [4.69, 9.17) is 14.9 Å². The predicted octanol–water partition coefficient (Wildman–Crippen LogP) is 0.321. The molecular weight excluding hydrogens is 226 g/mol. The summed E-state index contributed by atoms with van der Waals surface area (Å²) in [5.41, 5.74) is 0. The van der Waals surface area contributed by atoms with Crippen LogP contribution in [0.1, 0.15) is 25.7 Å². The molecule has 0 spiro atoms. The number of ether oxygens (including phenoxy) is 1. The van der Waals surface area contributed by atoms with Crippen LogP contribution < -0.4 is 5.32 Å². The smallest absolute Gasteiger partial charge is 0.321 e. The van der Waals surface area contributed by atoms with Gasteiger partial charge in [0, 0.05) is 13.2 Å². The summed E-state index contributed by atoms with van der Waals surface area (Å²) < 4.78 is 5.23. The monoisotopic (exact) mass is 245 g/mol. The highest BCUT2D eigenvalue weighted by Gasteiger charge is 2.21. The standard InChI is InChI=1S/C11H19NO5/c13-10(14)7-9(11(15)16)12-4-1-8-2-5-17-6-3-8/h8-9,12H,1-7H2,(H,13,14)(H,15,16). The fraction of sp³-hybridized carbons (Fsp3) is 0.818. The van der Waals surface area contributed by atoms with Crippen molar-refractivity contribution in [2.45, 2.75) is 31.7 Å². The molecule has 0 bridgehead atoms. The third-order valence-electron chi connectivity index (χ3n) is 2.96. The highest BCUT2D eigenvalue weighted by Crippen LogP contribution is 2.17. The summed E-state index contributed by atoms with van der Waals surface area (Å²) in [6.07, 6.45) is 2.48. The molecule has 1 fully saturated rings. The van der Waals surface area contributed by atoms with Gasteiger partial charge in [-0.05, 0) is 31.7 Å². The van der Waals surface area contributed by atoms with Crippen molar-refractivity contribution >= 4 is 11.9 Å². The minimum atomic E-state index is -1.11. The Morgan fingerprint density at radius 1 is 1.29 bits per heavy atom. The molecule has 1 atom stereocenters. The van der Waals surface area contributed by atoms with Crippen LogP contribution in [0.5, 0.6) is 0 Å². The molecule has 6 nitrogen and oxygen atoms in total. The fourth-order valence-electron chi connectivity index (χ4n) is 1.92. The van der Waals surface area contributed by atoms with Gasteiger partial charge in [0.15, 0.2) is 0 Å². The van der Waals surface area contributed by atoms with E-state index in [1.54, 1.807) is 0 Å². The van der Waals surface area contributed by atoms with Gasteiger partial charge in [0.1, 0.15) is 6.04 Å². The van der Waals surface area contributed by atoms with Gasteiger partial charge in [-0.2, -0.15) is 0 Å². The Hall–Kier alpha value is -1.14. The summed E-state index contributed by atoms with van der Waals surface area (Å²) in [6.45, 7) is 2.07. The number of carboxylic acid groups (broad SMARTS) is 2. The van der Waals surface area contributed by atoms with E-state index in [1.807, 2.05) is 0 Å². The van der Waals surface area contributed by atoms with Crippen LogP contribution in [0.4, 0.5) is 0 Å². The molecule has 0 aliphatic carbocycles. The molecule has 3 N–H and O–H groups in total. The molecular formula is C11H19NO5. The molecule has 6 heteroatoms. The minimum absolute atomic E-state index is 0.386. The van der Waals surface area contributed by atoms with Crippen LogP contribution in [0.25, 0.3) is 0 Å². The largest absolute Gasteiger partial charge is 0.481 e. The topological polar surface area (TPSA) is 95.9 Å². The summed E-state index contributed by atoms with van der Waals surface area (Å²) >= 11 is 0. The van der Waals surface area contributed by atoms with Gasteiger partial charge in [0.2, 0.25) is 0 Å². The first-order chi connectivity index (χ1) is 8.09. The maximum absolute atomic E-state index is 10.8. The van der Waals surface area contributed by atoms with Gasteiger partial charge < -0.3 is 20.3 Å². The Labute approximate surface area is 100.0 Å². The zero-order valence-corrected chi connectivity index (χ0v) is 9.72. The normalized spacial score (nSPS) is 18.8. The van der Waals surface area contributed by atoms with Crippen molar-refractivity contribution < 1.29 is 24.5 Å². The lowest BCUT2D eigenvalue weighted by molar-refractivity contribution is -0.145. The molecule has 0 aromatic rings. The molecule has 1 rings (SSSR count). The van der Waals surface area contributed by atoms with Crippen LogP contribution in [0.3, 0.4) is 0 Å². The zero-order valence-electron chi connectivity index (χ0n) is 9.72. The van der Waals surface area contributed by atoms with Gasteiger partial charge in [-0.3, -0.25) is 9.59 Å². The molecule has 1 heterocycles. The Balaban J connectivity index is 2.21. The molecule has 1 aliphatic heterocycles. The van der Waals surface area contributed by atoms with E-state index in [0.29, 0.717) is 12.5 Å². The van der Waals surface area contributed by atoms with Crippen LogP contribution in [0, 0.1) is 5.92 Å². The van der Waals surface area contributed by atoms with E-state index < -0.39 is 18.0 Å². The quantitative estimate of drug-likeness (QED) is 0.598. The Kier molecular flexibility index (Phi) is 5.93. The van der Waals surface area contributed by atoms with Crippen molar-refractivity contribution in [2.24, 2.45) is 5.92 Å². The van der Waals surface area contributed by atoms with Gasteiger partial charge >= 0.3 is 11.9 Å². The number of rotatable bonds is 7. The predicted molar refractivity (Wildman–Crippen MR) is 59.8 cm³/mol. The van der Waals surface area contributed by atoms with Crippen molar-refractivity contribution in [3.05, 3.63) is 0 Å². The molecule has 17 heavy (non-hydrogen) atoms. The summed E-state index contributed by atoms with van der Waals surface area (Å²) in [7, 11) is 0. The van der Waals surface area contributed by atoms with Crippen molar-refractivity contribution in [3.63, 3.8) is 0 Å². The van der Waals surface area contributed by atoms with E-state index in [0.717, 1.165) is 32.5 Å². The number of aliphatic carboxylic acids is 2. The van der Waals surface area contributed by atoms with Crippen LogP contribution >= 0.6 is 0 Å². The van der Waals surface area contributed by atoms with Crippen LogP contribution in [0.2, 0.25) is 0 Å². The second-order valence-electron chi connectivity index (χ2n) is 4.29. The molecule has 98 valence electrons. The summed E-state index contributed by atoms with van der Waals surface area (Å²) in [4.78, 5) is 21.2. The van der Waals surface area contributed by atoms with Gasteiger partial charge in [-0.15, -0.1) is 0 Å². The second-order valence-corrected chi connectivity index (χ2v) is 4.29. The molecule has 1 unspecified atom stereocenters. The Morgan fingerprint density at radius 3 is 2.47 bits per heavy atom. The number of nitrogens with one attached hydrogen (secondary N) is 1. The molecule has 0 saturated carbocycles. The lowest BCUT2D eigenvalue weighted by Gasteiger charge is -2.22. The molecule has 1 saturated heterocycles. The van der Waals surface area contributed by atoms with Crippen LogP contribution in [-0.4, -0.2) is 48.0 Å². The summed E-state index contributed by atoms with van der Waals surface area (Å²) in [6, 6.07) is -0.993. The summed E-state index contributed by atoms with van der Waals surface area (Å²) in [5, 5.41) is 20.2. The van der Waals surface area contributed by atoms with E-state index >= 15 is 0 Å². The van der Waals surface area contributed by atoms with E-state index in [2.05, 4.69) is 5.32 Å². The van der Waals surface area contributed by atoms with Crippen LogP contribution in [-0.2, 0) is 14.3 Å². The Bertz CT molecular complexity index is 263. The first-order valence-corrected chi connectivity index (χ1v) is 5.85. The van der Waals surface area contributed by atoms with Crippen LogP contribution in [0.15, 0.2) is 0 Å². The second kappa shape index (κ2) is 7.24.